The van der Waals surface area contributed by atoms with E-state index < -0.39 is 0 Å². The quantitative estimate of drug-likeness (QED) is 0.493. The van der Waals surface area contributed by atoms with Crippen LogP contribution in [0.5, 0.6) is 0 Å². The fourth-order valence-electron chi connectivity index (χ4n) is 3.21. The van der Waals surface area contributed by atoms with E-state index in [1.807, 2.05) is 23.1 Å². The predicted molar refractivity (Wildman–Crippen MR) is 99.7 cm³/mol. The third-order valence-electron chi connectivity index (χ3n) is 4.47. The summed E-state index contributed by atoms with van der Waals surface area (Å²) in [6, 6.07) is 8.88. The summed E-state index contributed by atoms with van der Waals surface area (Å²) in [5, 5.41) is 13.0. The number of thiazole rings is 1. The second kappa shape index (κ2) is 6.57. The molecule has 0 radical (unpaired) electrons. The third kappa shape index (κ3) is 3.17. The zero-order valence-corrected chi connectivity index (χ0v) is 14.8. The van der Waals surface area contributed by atoms with Crippen LogP contribution in [0.15, 0.2) is 36.5 Å². The van der Waals surface area contributed by atoms with Crippen molar-refractivity contribution >= 4 is 44.7 Å². The number of nitro groups is 1. The van der Waals surface area contributed by atoms with Gasteiger partial charge in [-0.1, -0.05) is 11.6 Å². The normalized spacial score (nSPS) is 15.6. The third-order valence-corrected chi connectivity index (χ3v) is 5.91. The summed E-state index contributed by atoms with van der Waals surface area (Å²) in [4.78, 5) is 21.8. The van der Waals surface area contributed by atoms with Crippen LogP contribution in [-0.2, 0) is 0 Å². The molecule has 0 aliphatic carbocycles. The number of piperidine rings is 1. The van der Waals surface area contributed by atoms with Crippen molar-refractivity contribution in [3.8, 4) is 0 Å². The molecule has 2 aromatic heterocycles. The van der Waals surface area contributed by atoms with Gasteiger partial charge in [-0.05, 0) is 37.1 Å². The molecule has 1 fully saturated rings. The van der Waals surface area contributed by atoms with Gasteiger partial charge in [-0.15, -0.1) is 11.3 Å². The molecule has 128 valence electrons. The highest BCUT2D eigenvalue weighted by Crippen LogP contribution is 2.36. The van der Waals surface area contributed by atoms with Gasteiger partial charge in [-0.3, -0.25) is 10.1 Å². The maximum atomic E-state index is 11.2. The molecule has 8 heteroatoms. The molecule has 0 N–H and O–H groups in total. The largest absolute Gasteiger partial charge is 0.351 e. The topological polar surface area (TPSA) is 72.2 Å². The van der Waals surface area contributed by atoms with E-state index in [0.29, 0.717) is 16.8 Å². The highest BCUT2D eigenvalue weighted by atomic mass is 35.5. The summed E-state index contributed by atoms with van der Waals surface area (Å²) in [6.07, 6.45) is 3.41. The van der Waals surface area contributed by atoms with Gasteiger partial charge in [0.1, 0.15) is 0 Å². The van der Waals surface area contributed by atoms with Crippen molar-refractivity contribution in [3.05, 3.63) is 56.7 Å². The number of aromatic nitrogens is 2. The Labute approximate surface area is 153 Å². The Morgan fingerprint density at radius 3 is 2.84 bits per heavy atom. The van der Waals surface area contributed by atoms with Gasteiger partial charge in [0.15, 0.2) is 0 Å². The summed E-state index contributed by atoms with van der Waals surface area (Å²) in [5.41, 5.74) is 1.01. The average molecular weight is 375 g/mol. The lowest BCUT2D eigenvalue weighted by atomic mass is 9.97. The first-order valence-corrected chi connectivity index (χ1v) is 9.21. The van der Waals surface area contributed by atoms with E-state index >= 15 is 0 Å². The molecule has 1 aliphatic heterocycles. The number of halogens is 1. The number of nitrogens with zero attached hydrogens (tertiary/aromatic N) is 4. The minimum absolute atomic E-state index is 0.0654. The number of pyridine rings is 1. The maximum Gasteiger partial charge on any atom is 0.311 e. The van der Waals surface area contributed by atoms with Crippen LogP contribution < -0.4 is 4.90 Å². The minimum atomic E-state index is -0.369. The van der Waals surface area contributed by atoms with E-state index in [2.05, 4.69) is 4.98 Å². The van der Waals surface area contributed by atoms with Gasteiger partial charge in [0.25, 0.3) is 0 Å². The lowest BCUT2D eigenvalue weighted by Crippen LogP contribution is -2.33. The van der Waals surface area contributed by atoms with Gasteiger partial charge in [0, 0.05) is 36.3 Å². The van der Waals surface area contributed by atoms with Crippen LogP contribution in [0.3, 0.4) is 0 Å². The van der Waals surface area contributed by atoms with Crippen molar-refractivity contribution in [2.75, 3.05) is 18.0 Å². The molecular weight excluding hydrogens is 360 g/mol. The summed E-state index contributed by atoms with van der Waals surface area (Å²) in [6.45, 7) is 1.47. The van der Waals surface area contributed by atoms with Crippen molar-refractivity contribution in [1.82, 2.24) is 9.97 Å². The molecule has 3 aromatic rings. The fourth-order valence-corrected chi connectivity index (χ4v) is 4.49. The molecule has 1 aliphatic rings. The first-order chi connectivity index (χ1) is 12.1. The van der Waals surface area contributed by atoms with E-state index in [-0.39, 0.29) is 10.6 Å². The van der Waals surface area contributed by atoms with Crippen molar-refractivity contribution < 1.29 is 4.92 Å². The van der Waals surface area contributed by atoms with Gasteiger partial charge in [-0.2, -0.15) is 0 Å². The van der Waals surface area contributed by atoms with Crippen LogP contribution in [0, 0.1) is 10.1 Å². The molecule has 1 saturated heterocycles. The predicted octanol–water partition coefficient (Wildman–Crippen LogP) is 4.64. The molecule has 25 heavy (non-hydrogen) atoms. The van der Waals surface area contributed by atoms with Gasteiger partial charge in [-0.25, -0.2) is 9.97 Å². The van der Waals surface area contributed by atoms with Crippen molar-refractivity contribution in [2.24, 2.45) is 0 Å². The lowest BCUT2D eigenvalue weighted by molar-refractivity contribution is -0.384. The molecule has 3 heterocycles. The Kier molecular flexibility index (Phi) is 4.27. The second-order valence-corrected chi connectivity index (χ2v) is 7.53. The molecule has 0 amide bonds. The van der Waals surface area contributed by atoms with Crippen LogP contribution in [-0.4, -0.2) is 28.0 Å². The Morgan fingerprint density at radius 1 is 1.28 bits per heavy atom. The molecule has 4 rings (SSSR count). The number of fused-ring (bicyclic) bond motifs is 1. The number of benzene rings is 1. The summed E-state index contributed by atoms with van der Waals surface area (Å²) in [5.74, 6) is 0.831. The van der Waals surface area contributed by atoms with Crippen LogP contribution in [0.25, 0.3) is 10.2 Å². The standard InChI is InChI=1S/C17H15ClN4O2S/c18-12-3-4-15-13(10-12)20-17(25-15)11-5-8-21(9-6-11)16-14(22(23)24)2-1-7-19-16/h1-4,7,10-11H,5-6,8-9H2. The maximum absolute atomic E-state index is 11.2. The highest BCUT2D eigenvalue weighted by Gasteiger charge is 2.27. The fraction of sp³-hybridized carbons (Fsp3) is 0.294. The molecule has 0 bridgehead atoms. The van der Waals surface area contributed by atoms with Crippen molar-refractivity contribution in [3.63, 3.8) is 0 Å². The minimum Gasteiger partial charge on any atom is -0.351 e. The monoisotopic (exact) mass is 374 g/mol. The van der Waals surface area contributed by atoms with Crippen molar-refractivity contribution in [2.45, 2.75) is 18.8 Å². The summed E-state index contributed by atoms with van der Waals surface area (Å²) < 4.78 is 1.14. The second-order valence-electron chi connectivity index (χ2n) is 6.03. The molecular formula is C17H15ClN4O2S. The van der Waals surface area contributed by atoms with Crippen LogP contribution in [0.1, 0.15) is 23.8 Å². The zero-order chi connectivity index (χ0) is 17.4. The molecule has 1 aromatic carbocycles. The van der Waals surface area contributed by atoms with E-state index in [0.717, 1.165) is 41.2 Å². The van der Waals surface area contributed by atoms with Gasteiger partial charge < -0.3 is 4.90 Å². The van der Waals surface area contributed by atoms with Crippen LogP contribution in [0.4, 0.5) is 11.5 Å². The smallest absolute Gasteiger partial charge is 0.311 e. The Bertz CT molecular complexity index is 937. The molecule has 0 spiro atoms. The first kappa shape index (κ1) is 16.2. The van der Waals surface area contributed by atoms with E-state index in [4.69, 9.17) is 16.6 Å². The van der Waals surface area contributed by atoms with Crippen LogP contribution in [0.2, 0.25) is 5.02 Å². The first-order valence-electron chi connectivity index (χ1n) is 8.02. The Balaban J connectivity index is 1.52. The zero-order valence-electron chi connectivity index (χ0n) is 13.3. The number of hydrogen-bond acceptors (Lipinski definition) is 6. The molecule has 6 nitrogen and oxygen atoms in total. The number of rotatable bonds is 3. The highest BCUT2D eigenvalue weighted by molar-refractivity contribution is 7.18. The molecule has 0 atom stereocenters. The van der Waals surface area contributed by atoms with E-state index in [1.165, 1.54) is 6.07 Å². The Hall–Kier alpha value is -2.25. The van der Waals surface area contributed by atoms with E-state index in [9.17, 15) is 10.1 Å². The summed E-state index contributed by atoms with van der Waals surface area (Å²) in [7, 11) is 0. The SMILES string of the molecule is O=[N+]([O-])c1cccnc1N1CCC(c2nc3cc(Cl)ccc3s2)CC1. The van der Waals surface area contributed by atoms with Crippen LogP contribution >= 0.6 is 22.9 Å². The van der Waals surface area contributed by atoms with Crippen molar-refractivity contribution in [1.29, 1.82) is 0 Å². The molecule has 0 unspecified atom stereocenters. The number of anilines is 1. The number of hydrogen-bond donors (Lipinski definition) is 0. The molecule has 0 saturated carbocycles. The summed E-state index contributed by atoms with van der Waals surface area (Å²) >= 11 is 7.74. The average Bonchev–Trinajstić information content (AvgIpc) is 3.05. The van der Waals surface area contributed by atoms with E-state index in [1.54, 1.807) is 23.6 Å². The Morgan fingerprint density at radius 2 is 2.08 bits per heavy atom. The van der Waals surface area contributed by atoms with Gasteiger partial charge >= 0.3 is 5.69 Å². The lowest BCUT2D eigenvalue weighted by Gasteiger charge is -2.31. The van der Waals surface area contributed by atoms with Gasteiger partial charge in [0.2, 0.25) is 5.82 Å². The van der Waals surface area contributed by atoms with Gasteiger partial charge in [0.05, 0.1) is 20.1 Å².